The van der Waals surface area contributed by atoms with Gasteiger partial charge in [0.25, 0.3) is 0 Å². The van der Waals surface area contributed by atoms with Gasteiger partial charge in [0.1, 0.15) is 23.9 Å². The van der Waals surface area contributed by atoms with Gasteiger partial charge in [0.05, 0.1) is 18.0 Å². The van der Waals surface area contributed by atoms with Gasteiger partial charge in [0.2, 0.25) is 0 Å². The predicted octanol–water partition coefficient (Wildman–Crippen LogP) is 7.23. The fourth-order valence-electron chi connectivity index (χ4n) is 4.00. The number of halogens is 1. The molecule has 0 radical (unpaired) electrons. The number of fused-ring (bicyclic) bond motifs is 1. The van der Waals surface area contributed by atoms with Crippen molar-refractivity contribution in [1.29, 1.82) is 0 Å². The van der Waals surface area contributed by atoms with Crippen molar-refractivity contribution < 1.29 is 13.5 Å². The Morgan fingerprint density at radius 2 is 1.84 bits per heavy atom. The molecular formula is C27H22FNO2. The second-order valence-electron chi connectivity index (χ2n) is 7.69. The van der Waals surface area contributed by atoms with Gasteiger partial charge in [0.15, 0.2) is 0 Å². The number of hydrogen-bond acceptors (Lipinski definition) is 3. The molecule has 0 aliphatic carbocycles. The molecular weight excluding hydrogens is 389 g/mol. The maximum Gasteiger partial charge on any atom is 0.146 e. The van der Waals surface area contributed by atoms with E-state index in [9.17, 15) is 4.39 Å². The first-order chi connectivity index (χ1) is 15.2. The largest absolute Gasteiger partial charge is 0.483 e. The SMILES string of the molecule is C=C1CC(c2ccccc2)Nc2c(OCc3ccco3)cc(-c3cccc(F)c3)cc21. The van der Waals surface area contributed by atoms with Crippen LogP contribution in [0.25, 0.3) is 16.7 Å². The van der Waals surface area contributed by atoms with Crippen molar-refractivity contribution in [2.75, 3.05) is 5.32 Å². The summed E-state index contributed by atoms with van der Waals surface area (Å²) in [6, 6.07) is 24.7. The second-order valence-corrected chi connectivity index (χ2v) is 7.69. The summed E-state index contributed by atoms with van der Waals surface area (Å²) in [5, 5.41) is 3.64. The molecule has 2 heterocycles. The topological polar surface area (TPSA) is 34.4 Å². The van der Waals surface area contributed by atoms with Crippen LogP contribution < -0.4 is 10.1 Å². The third-order valence-corrected chi connectivity index (χ3v) is 5.56. The Morgan fingerprint density at radius 3 is 2.61 bits per heavy atom. The zero-order valence-electron chi connectivity index (χ0n) is 17.0. The fourth-order valence-corrected chi connectivity index (χ4v) is 4.00. The van der Waals surface area contributed by atoms with Crippen LogP contribution in [0.5, 0.6) is 5.75 Å². The molecule has 4 aromatic rings. The number of rotatable bonds is 5. The van der Waals surface area contributed by atoms with Gasteiger partial charge < -0.3 is 14.5 Å². The minimum absolute atomic E-state index is 0.104. The molecule has 0 saturated heterocycles. The molecule has 1 unspecified atom stereocenters. The van der Waals surface area contributed by atoms with E-state index >= 15 is 0 Å². The lowest BCUT2D eigenvalue weighted by Gasteiger charge is -2.31. The van der Waals surface area contributed by atoms with Gasteiger partial charge in [-0.2, -0.15) is 0 Å². The summed E-state index contributed by atoms with van der Waals surface area (Å²) in [6.45, 7) is 4.65. The Balaban J connectivity index is 1.57. The van der Waals surface area contributed by atoms with Gasteiger partial charge in [0, 0.05) is 5.56 Å². The molecule has 1 atom stereocenters. The highest BCUT2D eigenvalue weighted by molar-refractivity contribution is 5.87. The lowest BCUT2D eigenvalue weighted by Crippen LogP contribution is -2.18. The standard InChI is InChI=1S/C27H22FNO2/c1-18-13-25(19-7-3-2-4-8-19)29-27-24(18)15-21(20-9-5-10-22(28)14-20)16-26(27)31-17-23-11-6-12-30-23/h2-12,14-16,25,29H,1,13,17H2. The van der Waals surface area contributed by atoms with E-state index in [0.717, 1.165) is 40.1 Å². The number of benzene rings is 3. The van der Waals surface area contributed by atoms with Crippen LogP contribution in [-0.4, -0.2) is 0 Å². The lowest BCUT2D eigenvalue weighted by molar-refractivity contribution is 0.271. The van der Waals surface area contributed by atoms with Gasteiger partial charge in [-0.25, -0.2) is 4.39 Å². The van der Waals surface area contributed by atoms with Crippen LogP contribution in [0.3, 0.4) is 0 Å². The zero-order valence-corrected chi connectivity index (χ0v) is 17.0. The van der Waals surface area contributed by atoms with Gasteiger partial charge >= 0.3 is 0 Å². The quantitative estimate of drug-likeness (QED) is 0.376. The molecule has 1 N–H and O–H groups in total. The summed E-state index contributed by atoms with van der Waals surface area (Å²) in [5.74, 6) is 1.16. The van der Waals surface area contributed by atoms with Crippen LogP contribution in [0.1, 0.15) is 29.3 Å². The predicted molar refractivity (Wildman–Crippen MR) is 121 cm³/mol. The third-order valence-electron chi connectivity index (χ3n) is 5.56. The van der Waals surface area contributed by atoms with E-state index in [0.29, 0.717) is 12.4 Å². The van der Waals surface area contributed by atoms with Gasteiger partial charge in [-0.05, 0) is 65.1 Å². The molecule has 0 fully saturated rings. The summed E-state index contributed by atoms with van der Waals surface area (Å²) in [5.41, 5.74) is 5.78. The van der Waals surface area contributed by atoms with E-state index < -0.39 is 0 Å². The average molecular weight is 411 g/mol. The van der Waals surface area contributed by atoms with E-state index in [1.54, 1.807) is 12.3 Å². The Morgan fingerprint density at radius 1 is 0.968 bits per heavy atom. The number of ether oxygens (including phenoxy) is 1. The van der Waals surface area contributed by atoms with Crippen LogP contribution in [0.4, 0.5) is 10.1 Å². The van der Waals surface area contributed by atoms with Crippen molar-refractivity contribution in [1.82, 2.24) is 0 Å². The number of hydrogen-bond donors (Lipinski definition) is 1. The number of anilines is 1. The first-order valence-electron chi connectivity index (χ1n) is 10.3. The van der Waals surface area contributed by atoms with Crippen molar-refractivity contribution >= 4 is 11.3 Å². The highest BCUT2D eigenvalue weighted by atomic mass is 19.1. The van der Waals surface area contributed by atoms with Crippen molar-refractivity contribution in [2.24, 2.45) is 0 Å². The van der Waals surface area contributed by atoms with Crippen LogP contribution in [0.15, 0.2) is 96.1 Å². The zero-order chi connectivity index (χ0) is 21.2. The molecule has 154 valence electrons. The molecule has 3 nitrogen and oxygen atoms in total. The summed E-state index contributed by atoms with van der Waals surface area (Å²) in [4.78, 5) is 0. The molecule has 0 bridgehead atoms. The molecule has 4 heteroatoms. The highest BCUT2D eigenvalue weighted by Gasteiger charge is 2.26. The van der Waals surface area contributed by atoms with Gasteiger partial charge in [-0.1, -0.05) is 49.0 Å². The molecule has 1 aliphatic rings. The minimum Gasteiger partial charge on any atom is -0.483 e. The summed E-state index contributed by atoms with van der Waals surface area (Å²) in [6.07, 6.45) is 2.41. The molecule has 1 aliphatic heterocycles. The Hall–Kier alpha value is -3.79. The molecule has 1 aromatic heterocycles. The van der Waals surface area contributed by atoms with Crippen LogP contribution >= 0.6 is 0 Å². The first-order valence-corrected chi connectivity index (χ1v) is 10.3. The minimum atomic E-state index is -0.269. The fraction of sp³-hybridized carbons (Fsp3) is 0.111. The van der Waals surface area contributed by atoms with Crippen LogP contribution in [0.2, 0.25) is 0 Å². The van der Waals surface area contributed by atoms with Crippen molar-refractivity contribution in [3.8, 4) is 16.9 Å². The van der Waals surface area contributed by atoms with E-state index in [-0.39, 0.29) is 11.9 Å². The van der Waals surface area contributed by atoms with Gasteiger partial charge in [-0.15, -0.1) is 0 Å². The third kappa shape index (κ3) is 3.97. The van der Waals surface area contributed by atoms with E-state index in [1.165, 1.54) is 17.7 Å². The average Bonchev–Trinajstić information content (AvgIpc) is 3.32. The summed E-state index contributed by atoms with van der Waals surface area (Å²) >= 11 is 0. The Kier molecular flexibility index (Phi) is 5.04. The van der Waals surface area contributed by atoms with E-state index in [4.69, 9.17) is 9.15 Å². The summed E-state index contributed by atoms with van der Waals surface area (Å²) in [7, 11) is 0. The van der Waals surface area contributed by atoms with Gasteiger partial charge in [-0.3, -0.25) is 0 Å². The van der Waals surface area contributed by atoms with Crippen molar-refractivity contribution in [3.05, 3.63) is 114 Å². The molecule has 31 heavy (non-hydrogen) atoms. The number of nitrogens with one attached hydrogen (secondary N) is 1. The number of furan rings is 1. The Bertz CT molecular complexity index is 1220. The smallest absolute Gasteiger partial charge is 0.146 e. The molecule has 5 rings (SSSR count). The van der Waals surface area contributed by atoms with E-state index in [1.807, 2.05) is 42.5 Å². The lowest BCUT2D eigenvalue weighted by atomic mass is 9.88. The van der Waals surface area contributed by atoms with Crippen molar-refractivity contribution in [3.63, 3.8) is 0 Å². The van der Waals surface area contributed by atoms with Crippen LogP contribution in [0, 0.1) is 5.82 Å². The van der Waals surface area contributed by atoms with E-state index in [2.05, 4.69) is 30.1 Å². The monoisotopic (exact) mass is 411 g/mol. The Labute approximate surface area is 180 Å². The normalized spacial score (nSPS) is 15.3. The molecule has 0 amide bonds. The maximum atomic E-state index is 13.9. The maximum absolute atomic E-state index is 13.9. The molecule has 0 saturated carbocycles. The summed E-state index contributed by atoms with van der Waals surface area (Å²) < 4.78 is 25.5. The van der Waals surface area contributed by atoms with Crippen LogP contribution in [-0.2, 0) is 6.61 Å². The van der Waals surface area contributed by atoms with Crippen molar-refractivity contribution in [2.45, 2.75) is 19.1 Å². The first kappa shape index (κ1) is 19.2. The highest BCUT2D eigenvalue weighted by Crippen LogP contribution is 2.46. The molecule has 3 aromatic carbocycles. The second kappa shape index (κ2) is 8.15. The molecule has 0 spiro atoms.